The number of carbonyl (C=O) groups is 2. The normalized spacial score (nSPS) is 14.6. The van der Waals surface area contributed by atoms with Crippen molar-refractivity contribution in [3.8, 4) is 28.5 Å². The number of nitrogens with zero attached hydrogens (tertiary/aromatic N) is 4. The summed E-state index contributed by atoms with van der Waals surface area (Å²) in [4.78, 5) is 37.6. The Morgan fingerprint density at radius 3 is 1.62 bits per heavy atom. The SMILES string of the molecule is CCOC(=O)N1CCCCN1C(=O)Cc1c(C)cc(OCC(F)(F)F)cc1C.Cc1cc(OCC(F)(F)F)cc(C)c1-c1c(O)n2n(c1=O)CCCC2. The number of hydrogen-bond donors (Lipinski definition) is 1. The van der Waals surface area contributed by atoms with Crippen molar-refractivity contribution in [2.24, 2.45) is 0 Å². The highest BCUT2D eigenvalue weighted by Crippen LogP contribution is 2.36. The van der Waals surface area contributed by atoms with Crippen molar-refractivity contribution in [1.29, 1.82) is 0 Å². The van der Waals surface area contributed by atoms with Crippen LogP contribution in [0, 0.1) is 27.7 Å². The van der Waals surface area contributed by atoms with E-state index in [4.69, 9.17) is 14.2 Å². The Morgan fingerprint density at radius 2 is 1.15 bits per heavy atom. The van der Waals surface area contributed by atoms with Crippen LogP contribution in [0.4, 0.5) is 31.1 Å². The summed E-state index contributed by atoms with van der Waals surface area (Å²) in [6.45, 7) is 7.90. The minimum absolute atomic E-state index is 0.0348. The maximum absolute atomic E-state index is 12.8. The molecule has 3 heterocycles. The number of amides is 2. The average Bonchev–Trinajstić information content (AvgIpc) is 3.33. The van der Waals surface area contributed by atoms with E-state index in [0.717, 1.165) is 25.7 Å². The summed E-state index contributed by atoms with van der Waals surface area (Å²) in [5.41, 5.74) is 3.62. The summed E-state index contributed by atoms with van der Waals surface area (Å²) < 4.78 is 91.6. The first kappa shape index (κ1) is 40.9. The van der Waals surface area contributed by atoms with Crippen LogP contribution in [0.15, 0.2) is 29.1 Å². The number of aryl methyl sites for hydroxylation is 4. The van der Waals surface area contributed by atoms with Crippen LogP contribution in [0.3, 0.4) is 0 Å². The molecule has 2 amide bonds. The van der Waals surface area contributed by atoms with Gasteiger partial charge in [-0.1, -0.05) is 0 Å². The second-order valence-corrected chi connectivity index (χ2v) is 13.0. The molecule has 0 radical (unpaired) electrons. The number of halogens is 6. The molecule has 1 fully saturated rings. The molecule has 1 aromatic heterocycles. The van der Waals surface area contributed by atoms with E-state index in [9.17, 15) is 45.8 Å². The first-order chi connectivity index (χ1) is 24.8. The van der Waals surface area contributed by atoms with Crippen molar-refractivity contribution >= 4 is 12.0 Å². The van der Waals surface area contributed by atoms with Crippen LogP contribution in [0.2, 0.25) is 0 Å². The van der Waals surface area contributed by atoms with Gasteiger partial charge in [0.15, 0.2) is 13.2 Å². The molecule has 5 rings (SSSR count). The highest BCUT2D eigenvalue weighted by atomic mass is 19.4. The summed E-state index contributed by atoms with van der Waals surface area (Å²) in [6, 6.07) is 5.88. The molecule has 1 N–H and O–H groups in total. The predicted molar refractivity (Wildman–Crippen MR) is 182 cm³/mol. The Morgan fingerprint density at radius 1 is 0.698 bits per heavy atom. The number of rotatable bonds is 8. The number of benzene rings is 2. The molecule has 0 atom stereocenters. The molecule has 11 nitrogen and oxygen atoms in total. The van der Waals surface area contributed by atoms with Crippen molar-refractivity contribution in [1.82, 2.24) is 19.4 Å². The molecule has 292 valence electrons. The standard InChI is InChI=1S/C19H25F3N2O4.C17H19F3N2O3/c1-4-27-18(26)24-8-6-5-7-23(24)17(25)11-16-13(2)9-15(10-14(16)3)28-12-19(20,21)22;1-10-7-12(25-9-17(18,19)20)8-11(2)13(10)14-15(23)21-5-3-4-6-22(21)16(14)24/h9-10H,4-8,11-12H2,1-3H3;7-8,23H,3-6,9H2,1-2H3. The Balaban J connectivity index is 0.000000238. The van der Waals surface area contributed by atoms with Crippen molar-refractivity contribution in [2.45, 2.75) is 92.2 Å². The van der Waals surface area contributed by atoms with Crippen LogP contribution in [0.1, 0.15) is 60.4 Å². The number of carbonyl (C=O) groups excluding carboxylic acids is 2. The fourth-order valence-corrected chi connectivity index (χ4v) is 6.47. The number of hydrazine groups is 1. The molecular weight excluding hydrogens is 714 g/mol. The zero-order valence-corrected chi connectivity index (χ0v) is 30.2. The second-order valence-electron chi connectivity index (χ2n) is 13.0. The number of hydrogen-bond acceptors (Lipinski definition) is 7. The molecule has 0 aliphatic carbocycles. The fraction of sp³-hybridized carbons (Fsp3) is 0.528. The fourth-order valence-electron chi connectivity index (χ4n) is 6.47. The third-order valence-corrected chi connectivity index (χ3v) is 8.80. The maximum Gasteiger partial charge on any atom is 0.428 e. The number of aromatic hydroxyl groups is 1. The van der Waals surface area contributed by atoms with Crippen LogP contribution in [0.5, 0.6) is 17.4 Å². The van der Waals surface area contributed by atoms with Gasteiger partial charge in [0.05, 0.1) is 13.0 Å². The van der Waals surface area contributed by atoms with Crippen LogP contribution >= 0.6 is 0 Å². The monoisotopic (exact) mass is 758 g/mol. The Labute approximate surface area is 302 Å². The van der Waals surface area contributed by atoms with Crippen molar-refractivity contribution in [3.05, 3.63) is 62.4 Å². The maximum atomic E-state index is 12.8. The van der Waals surface area contributed by atoms with Crippen LogP contribution < -0.4 is 15.0 Å². The predicted octanol–water partition coefficient (Wildman–Crippen LogP) is 7.16. The van der Waals surface area contributed by atoms with Gasteiger partial charge < -0.3 is 19.3 Å². The van der Waals surface area contributed by atoms with E-state index >= 15 is 0 Å². The van der Waals surface area contributed by atoms with Gasteiger partial charge in [0, 0.05) is 26.2 Å². The Hall–Kier alpha value is -4.83. The lowest BCUT2D eigenvalue weighted by Gasteiger charge is -2.37. The van der Waals surface area contributed by atoms with Gasteiger partial charge in [0.25, 0.3) is 5.56 Å². The highest BCUT2D eigenvalue weighted by Gasteiger charge is 2.32. The quantitative estimate of drug-likeness (QED) is 0.243. The summed E-state index contributed by atoms with van der Waals surface area (Å²) in [6.07, 6.45) is -6.04. The molecule has 0 bridgehead atoms. The van der Waals surface area contributed by atoms with E-state index in [1.807, 2.05) is 0 Å². The molecule has 2 aromatic carbocycles. The van der Waals surface area contributed by atoms with Crippen molar-refractivity contribution < 1.29 is 55.2 Å². The molecule has 53 heavy (non-hydrogen) atoms. The van der Waals surface area contributed by atoms with E-state index in [1.165, 1.54) is 39.0 Å². The number of alkyl halides is 6. The second kappa shape index (κ2) is 16.9. The first-order valence-corrected chi connectivity index (χ1v) is 17.2. The third kappa shape index (κ3) is 10.4. The largest absolute Gasteiger partial charge is 0.493 e. The molecular formula is C36H44F6N4O7. The number of fused-ring (bicyclic) bond motifs is 1. The molecule has 3 aromatic rings. The summed E-state index contributed by atoms with van der Waals surface area (Å²) in [7, 11) is 0. The van der Waals surface area contributed by atoms with Crippen LogP contribution in [0.25, 0.3) is 11.1 Å². The smallest absolute Gasteiger partial charge is 0.428 e. The van der Waals surface area contributed by atoms with Gasteiger partial charge in [-0.3, -0.25) is 14.3 Å². The zero-order chi connectivity index (χ0) is 39.2. The minimum Gasteiger partial charge on any atom is -0.493 e. The molecule has 2 aliphatic rings. The van der Waals surface area contributed by atoms with Gasteiger partial charge in [-0.15, -0.1) is 0 Å². The van der Waals surface area contributed by atoms with E-state index < -0.39 is 31.7 Å². The Kier molecular flexibility index (Phi) is 13.0. The van der Waals surface area contributed by atoms with Crippen LogP contribution in [-0.4, -0.2) is 81.8 Å². The lowest BCUT2D eigenvalue weighted by Crippen LogP contribution is -2.53. The molecule has 2 aliphatic heterocycles. The minimum atomic E-state index is -4.42. The zero-order valence-electron chi connectivity index (χ0n) is 30.2. The lowest BCUT2D eigenvalue weighted by atomic mass is 9.97. The van der Waals surface area contributed by atoms with E-state index in [0.29, 0.717) is 59.6 Å². The molecule has 1 saturated heterocycles. The molecule has 17 heteroatoms. The number of ether oxygens (including phenoxy) is 3. The van der Waals surface area contributed by atoms with E-state index in [-0.39, 0.29) is 47.4 Å². The van der Waals surface area contributed by atoms with E-state index in [2.05, 4.69) is 0 Å². The summed E-state index contributed by atoms with van der Waals surface area (Å²) in [5.74, 6) is -0.169. The first-order valence-electron chi connectivity index (χ1n) is 17.2. The van der Waals surface area contributed by atoms with Crippen LogP contribution in [-0.2, 0) is 29.0 Å². The van der Waals surface area contributed by atoms with Gasteiger partial charge in [0.2, 0.25) is 11.8 Å². The third-order valence-electron chi connectivity index (χ3n) is 8.80. The topological polar surface area (TPSA) is 115 Å². The Bertz CT molecular complexity index is 1800. The highest BCUT2D eigenvalue weighted by molar-refractivity contribution is 5.82. The molecule has 0 unspecified atom stereocenters. The van der Waals surface area contributed by atoms with Gasteiger partial charge in [-0.05, 0) is 118 Å². The van der Waals surface area contributed by atoms with Gasteiger partial charge in [-0.2, -0.15) is 26.3 Å². The van der Waals surface area contributed by atoms with Gasteiger partial charge >= 0.3 is 18.4 Å². The molecule has 0 saturated carbocycles. The number of aromatic nitrogens is 2. The van der Waals surface area contributed by atoms with Crippen molar-refractivity contribution in [3.63, 3.8) is 0 Å². The average molecular weight is 759 g/mol. The summed E-state index contributed by atoms with van der Waals surface area (Å²) >= 11 is 0. The van der Waals surface area contributed by atoms with E-state index in [1.54, 1.807) is 39.3 Å². The lowest BCUT2D eigenvalue weighted by molar-refractivity contribution is -0.154. The van der Waals surface area contributed by atoms with Gasteiger partial charge in [-0.25, -0.2) is 19.5 Å². The van der Waals surface area contributed by atoms with Crippen molar-refractivity contribution in [2.75, 3.05) is 32.9 Å². The molecule has 0 spiro atoms. The summed E-state index contributed by atoms with van der Waals surface area (Å²) in [5, 5.41) is 13.2. The van der Waals surface area contributed by atoms with Gasteiger partial charge in [0.1, 0.15) is 17.1 Å².